The van der Waals surface area contributed by atoms with Crippen molar-refractivity contribution in [2.24, 2.45) is 0 Å². The summed E-state index contributed by atoms with van der Waals surface area (Å²) in [5.74, 6) is -0.0670. The highest BCUT2D eigenvalue weighted by Crippen LogP contribution is 1.79. The van der Waals surface area contributed by atoms with Crippen LogP contribution in [0.4, 0.5) is 0 Å². The van der Waals surface area contributed by atoms with Crippen molar-refractivity contribution in [3.8, 4) is 0 Å². The van der Waals surface area contributed by atoms with E-state index in [2.05, 4.69) is 10.6 Å². The lowest BCUT2D eigenvalue weighted by molar-refractivity contribution is -0.126. The summed E-state index contributed by atoms with van der Waals surface area (Å²) in [6, 6.07) is 0. The van der Waals surface area contributed by atoms with Gasteiger partial charge in [-0.2, -0.15) is 0 Å². The van der Waals surface area contributed by atoms with Crippen molar-refractivity contribution >= 4 is 18.3 Å². The zero-order valence-electron chi connectivity index (χ0n) is 10.1. The minimum atomic E-state index is -0.0670. The second-order valence-electron chi connectivity index (χ2n) is 3.06. The minimum Gasteiger partial charge on any atom is -0.379 e. The Hall–Kier alpha value is -0.360. The molecule has 16 heavy (non-hydrogen) atoms. The van der Waals surface area contributed by atoms with Gasteiger partial charge in [-0.15, -0.1) is 12.4 Å². The van der Waals surface area contributed by atoms with Crippen LogP contribution < -0.4 is 10.6 Å². The number of hydrogen-bond donors (Lipinski definition) is 2. The molecule has 0 rings (SSSR count). The lowest BCUT2D eigenvalue weighted by Crippen LogP contribution is -2.30. The third-order valence-electron chi connectivity index (χ3n) is 1.74. The Bertz CT molecular complexity index is 159. The van der Waals surface area contributed by atoms with Crippen LogP contribution in [0.1, 0.15) is 13.3 Å². The van der Waals surface area contributed by atoms with Gasteiger partial charge in [0, 0.05) is 13.2 Å². The maximum Gasteiger partial charge on any atom is 0.246 e. The van der Waals surface area contributed by atoms with Gasteiger partial charge in [0.1, 0.15) is 6.61 Å². The minimum absolute atomic E-state index is 0. The quantitative estimate of drug-likeness (QED) is 0.547. The molecule has 5 nitrogen and oxygen atoms in total. The molecule has 0 saturated heterocycles. The van der Waals surface area contributed by atoms with Crippen LogP contribution in [0.2, 0.25) is 0 Å². The largest absolute Gasteiger partial charge is 0.379 e. The lowest BCUT2D eigenvalue weighted by Gasteiger charge is -2.06. The second kappa shape index (κ2) is 14.6. The van der Waals surface area contributed by atoms with Crippen molar-refractivity contribution in [3.63, 3.8) is 0 Å². The van der Waals surface area contributed by atoms with Crippen LogP contribution in [0.15, 0.2) is 0 Å². The first-order valence-corrected chi connectivity index (χ1v) is 5.38. The van der Waals surface area contributed by atoms with Gasteiger partial charge in [-0.25, -0.2) is 0 Å². The van der Waals surface area contributed by atoms with Crippen LogP contribution in [-0.4, -0.2) is 52.5 Å². The molecule has 1 amide bonds. The Labute approximate surface area is 104 Å². The summed E-state index contributed by atoms with van der Waals surface area (Å²) < 4.78 is 10.2. The standard InChI is InChI=1S/C10H22N2O3.ClH/c1-3-14-7-8-15-9-10(13)12-6-4-5-11-2;/h11H,3-9H2,1-2H3,(H,12,13);1H. The molecule has 0 aliphatic carbocycles. The van der Waals surface area contributed by atoms with Crippen LogP contribution >= 0.6 is 12.4 Å². The number of hydrogen-bond acceptors (Lipinski definition) is 4. The normalized spacial score (nSPS) is 9.62. The lowest BCUT2D eigenvalue weighted by atomic mass is 10.4. The predicted octanol–water partition coefficient (Wildman–Crippen LogP) is 0.187. The Balaban J connectivity index is 0. The highest BCUT2D eigenvalue weighted by molar-refractivity contribution is 5.85. The average Bonchev–Trinajstić information content (AvgIpc) is 2.24. The van der Waals surface area contributed by atoms with Crippen molar-refractivity contribution in [3.05, 3.63) is 0 Å². The second-order valence-corrected chi connectivity index (χ2v) is 3.06. The highest BCUT2D eigenvalue weighted by Gasteiger charge is 1.99. The van der Waals surface area contributed by atoms with E-state index in [0.717, 1.165) is 13.0 Å². The highest BCUT2D eigenvalue weighted by atomic mass is 35.5. The number of halogens is 1. The van der Waals surface area contributed by atoms with E-state index in [1.807, 2.05) is 14.0 Å². The smallest absolute Gasteiger partial charge is 0.246 e. The topological polar surface area (TPSA) is 59.6 Å². The van der Waals surface area contributed by atoms with Crippen molar-refractivity contribution < 1.29 is 14.3 Å². The molecule has 0 aromatic heterocycles. The van der Waals surface area contributed by atoms with Crippen molar-refractivity contribution in [1.29, 1.82) is 0 Å². The summed E-state index contributed by atoms with van der Waals surface area (Å²) in [6.45, 7) is 5.34. The molecule has 0 bridgehead atoms. The van der Waals surface area contributed by atoms with E-state index in [1.54, 1.807) is 0 Å². The average molecular weight is 255 g/mol. The van der Waals surface area contributed by atoms with E-state index >= 15 is 0 Å². The fourth-order valence-electron chi connectivity index (χ4n) is 0.971. The molecule has 0 aliphatic heterocycles. The molecule has 0 radical (unpaired) electrons. The van der Waals surface area contributed by atoms with Gasteiger partial charge in [0.25, 0.3) is 0 Å². The van der Waals surface area contributed by atoms with Crippen LogP contribution in [0.25, 0.3) is 0 Å². The first-order chi connectivity index (χ1) is 7.31. The Morgan fingerprint density at radius 1 is 1.19 bits per heavy atom. The van der Waals surface area contributed by atoms with E-state index in [-0.39, 0.29) is 24.9 Å². The molecule has 0 atom stereocenters. The van der Waals surface area contributed by atoms with Gasteiger partial charge in [-0.05, 0) is 26.9 Å². The van der Waals surface area contributed by atoms with Crippen LogP contribution in [-0.2, 0) is 14.3 Å². The Morgan fingerprint density at radius 2 is 1.88 bits per heavy atom. The van der Waals surface area contributed by atoms with E-state index < -0.39 is 0 Å². The molecule has 0 aromatic rings. The maximum absolute atomic E-state index is 11.1. The van der Waals surface area contributed by atoms with Gasteiger partial charge in [0.15, 0.2) is 0 Å². The van der Waals surface area contributed by atoms with Crippen molar-refractivity contribution in [2.45, 2.75) is 13.3 Å². The number of amides is 1. The third kappa shape index (κ3) is 13.6. The van der Waals surface area contributed by atoms with Gasteiger partial charge in [0.2, 0.25) is 5.91 Å². The number of ether oxygens (including phenoxy) is 2. The molecule has 0 spiro atoms. The molecule has 0 fully saturated rings. The number of carbonyl (C=O) groups is 1. The summed E-state index contributed by atoms with van der Waals surface area (Å²) in [4.78, 5) is 11.1. The van der Waals surface area contributed by atoms with Crippen LogP contribution in [0.3, 0.4) is 0 Å². The van der Waals surface area contributed by atoms with Crippen LogP contribution in [0, 0.1) is 0 Å². The summed E-state index contributed by atoms with van der Waals surface area (Å²) in [7, 11) is 1.89. The predicted molar refractivity (Wildman–Crippen MR) is 66.1 cm³/mol. The molecule has 0 saturated carbocycles. The SMILES string of the molecule is CCOCCOCC(=O)NCCCNC.Cl. The van der Waals surface area contributed by atoms with Crippen LogP contribution in [0.5, 0.6) is 0 Å². The number of nitrogens with one attached hydrogen (secondary N) is 2. The third-order valence-corrected chi connectivity index (χ3v) is 1.74. The van der Waals surface area contributed by atoms with E-state index in [0.29, 0.717) is 26.4 Å². The van der Waals surface area contributed by atoms with Gasteiger partial charge >= 0.3 is 0 Å². The van der Waals surface area contributed by atoms with Gasteiger partial charge in [0.05, 0.1) is 13.2 Å². The van der Waals surface area contributed by atoms with Crippen molar-refractivity contribution in [1.82, 2.24) is 10.6 Å². The Morgan fingerprint density at radius 3 is 2.50 bits per heavy atom. The van der Waals surface area contributed by atoms with E-state index in [4.69, 9.17) is 9.47 Å². The monoisotopic (exact) mass is 254 g/mol. The molecule has 0 unspecified atom stereocenters. The summed E-state index contributed by atoms with van der Waals surface area (Å²) in [5.41, 5.74) is 0. The Kier molecular flexibility index (Phi) is 16.5. The molecule has 6 heteroatoms. The zero-order valence-corrected chi connectivity index (χ0v) is 10.9. The number of carbonyl (C=O) groups excluding carboxylic acids is 1. The summed E-state index contributed by atoms with van der Waals surface area (Å²) in [6.07, 6.45) is 0.932. The van der Waals surface area contributed by atoms with Gasteiger partial charge in [-0.3, -0.25) is 4.79 Å². The van der Waals surface area contributed by atoms with E-state index in [1.165, 1.54) is 0 Å². The van der Waals surface area contributed by atoms with Gasteiger partial charge < -0.3 is 20.1 Å². The molecular weight excluding hydrogens is 232 g/mol. The first kappa shape index (κ1) is 18.0. The maximum atomic E-state index is 11.1. The number of rotatable bonds is 10. The fraction of sp³-hybridized carbons (Fsp3) is 0.900. The molecule has 0 aromatic carbocycles. The van der Waals surface area contributed by atoms with Crippen molar-refractivity contribution in [2.75, 3.05) is 46.6 Å². The first-order valence-electron chi connectivity index (χ1n) is 5.38. The fourth-order valence-corrected chi connectivity index (χ4v) is 0.971. The molecule has 0 aliphatic rings. The molecule has 2 N–H and O–H groups in total. The zero-order chi connectivity index (χ0) is 11.4. The van der Waals surface area contributed by atoms with E-state index in [9.17, 15) is 4.79 Å². The molecule has 98 valence electrons. The molecule has 0 heterocycles. The van der Waals surface area contributed by atoms with Gasteiger partial charge in [-0.1, -0.05) is 0 Å². The summed E-state index contributed by atoms with van der Waals surface area (Å²) in [5, 5.41) is 5.77. The summed E-state index contributed by atoms with van der Waals surface area (Å²) >= 11 is 0. The molecular formula is C10H23ClN2O3.